The third-order valence-electron chi connectivity index (χ3n) is 2.71. The fraction of sp³-hybridized carbons (Fsp3) is 0.571. The van der Waals surface area contributed by atoms with Crippen LogP contribution in [0.2, 0.25) is 0 Å². The highest BCUT2D eigenvalue weighted by atomic mass is 19.1. The van der Waals surface area contributed by atoms with E-state index in [2.05, 4.69) is 0 Å². The van der Waals surface area contributed by atoms with Crippen molar-refractivity contribution < 1.29 is 13.9 Å². The Morgan fingerprint density at radius 2 is 1.53 bits per heavy atom. The van der Waals surface area contributed by atoms with Crippen LogP contribution in [0, 0.1) is 5.82 Å². The Morgan fingerprint density at radius 1 is 1.00 bits per heavy atom. The van der Waals surface area contributed by atoms with Gasteiger partial charge in [-0.05, 0) is 38.8 Å². The Balaban J connectivity index is 2.87. The molecule has 2 atom stereocenters. The second-order valence-corrected chi connectivity index (χ2v) is 4.26. The van der Waals surface area contributed by atoms with Gasteiger partial charge in [-0.1, -0.05) is 13.8 Å². The molecule has 1 aromatic carbocycles. The molecule has 0 bridgehead atoms. The molecule has 3 heteroatoms. The van der Waals surface area contributed by atoms with E-state index in [0.717, 1.165) is 12.8 Å². The van der Waals surface area contributed by atoms with Gasteiger partial charge < -0.3 is 9.47 Å². The van der Waals surface area contributed by atoms with Crippen molar-refractivity contribution in [3.63, 3.8) is 0 Å². The van der Waals surface area contributed by atoms with Gasteiger partial charge in [-0.3, -0.25) is 0 Å². The van der Waals surface area contributed by atoms with Crippen LogP contribution in [-0.4, -0.2) is 12.2 Å². The minimum Gasteiger partial charge on any atom is -0.487 e. The van der Waals surface area contributed by atoms with Crippen molar-refractivity contribution in [1.82, 2.24) is 0 Å². The van der Waals surface area contributed by atoms with Gasteiger partial charge in [-0.25, -0.2) is 4.39 Å². The average molecular weight is 240 g/mol. The largest absolute Gasteiger partial charge is 0.487 e. The van der Waals surface area contributed by atoms with Crippen LogP contribution < -0.4 is 9.47 Å². The lowest BCUT2D eigenvalue weighted by atomic mass is 10.2. The van der Waals surface area contributed by atoms with Gasteiger partial charge in [0.1, 0.15) is 5.82 Å². The zero-order valence-electron chi connectivity index (χ0n) is 11.0. The van der Waals surface area contributed by atoms with Gasteiger partial charge in [0.05, 0.1) is 12.2 Å². The molecule has 17 heavy (non-hydrogen) atoms. The minimum atomic E-state index is -0.306. The molecule has 0 radical (unpaired) electrons. The molecule has 1 rings (SSSR count). The first kappa shape index (κ1) is 13.8. The highest BCUT2D eigenvalue weighted by Gasteiger charge is 2.12. The molecule has 96 valence electrons. The molecule has 2 unspecified atom stereocenters. The Bertz CT molecular complexity index is 352. The number of benzene rings is 1. The van der Waals surface area contributed by atoms with E-state index in [1.807, 2.05) is 27.7 Å². The highest BCUT2D eigenvalue weighted by molar-refractivity contribution is 5.40. The Hall–Kier alpha value is -1.25. The van der Waals surface area contributed by atoms with E-state index < -0.39 is 0 Å². The van der Waals surface area contributed by atoms with E-state index in [1.165, 1.54) is 12.1 Å². The maximum atomic E-state index is 13.2. The fourth-order valence-electron chi connectivity index (χ4n) is 1.27. The molecule has 0 heterocycles. The summed E-state index contributed by atoms with van der Waals surface area (Å²) in [5, 5.41) is 0. The van der Waals surface area contributed by atoms with Crippen LogP contribution in [0.3, 0.4) is 0 Å². The summed E-state index contributed by atoms with van der Waals surface area (Å²) in [6, 6.07) is 4.39. The monoisotopic (exact) mass is 240 g/mol. The number of rotatable bonds is 6. The fourth-order valence-corrected chi connectivity index (χ4v) is 1.27. The van der Waals surface area contributed by atoms with Gasteiger partial charge >= 0.3 is 0 Å². The van der Waals surface area contributed by atoms with Crippen LogP contribution in [0.25, 0.3) is 0 Å². The average Bonchev–Trinajstić information content (AvgIpc) is 2.32. The second-order valence-electron chi connectivity index (χ2n) is 4.26. The summed E-state index contributed by atoms with van der Waals surface area (Å²) < 4.78 is 24.5. The molecule has 1 aromatic rings. The zero-order valence-corrected chi connectivity index (χ0v) is 11.0. The Kier molecular flexibility index (Phi) is 5.26. The smallest absolute Gasteiger partial charge is 0.164 e. The molecule has 0 aliphatic carbocycles. The molecule has 0 aliphatic heterocycles. The lowest BCUT2D eigenvalue weighted by Crippen LogP contribution is -2.14. The first-order valence-corrected chi connectivity index (χ1v) is 6.19. The summed E-state index contributed by atoms with van der Waals surface area (Å²) in [6.45, 7) is 8.01. The van der Waals surface area contributed by atoms with Crippen molar-refractivity contribution >= 4 is 0 Å². The van der Waals surface area contributed by atoms with Crippen LogP contribution in [0.15, 0.2) is 18.2 Å². The van der Waals surface area contributed by atoms with Gasteiger partial charge in [0.15, 0.2) is 11.5 Å². The normalized spacial score (nSPS) is 14.2. The van der Waals surface area contributed by atoms with Crippen LogP contribution >= 0.6 is 0 Å². The molecule has 0 aliphatic rings. The standard InChI is InChI=1S/C14H21FO2/c1-5-10(3)16-13-8-7-12(15)9-14(13)17-11(4)6-2/h7-11H,5-6H2,1-4H3. The number of hydrogen-bond donors (Lipinski definition) is 0. The predicted octanol–water partition coefficient (Wildman–Crippen LogP) is 4.18. The summed E-state index contributed by atoms with van der Waals surface area (Å²) in [5.41, 5.74) is 0. The van der Waals surface area contributed by atoms with Crippen LogP contribution in [0.5, 0.6) is 11.5 Å². The van der Waals surface area contributed by atoms with E-state index in [1.54, 1.807) is 6.07 Å². The summed E-state index contributed by atoms with van der Waals surface area (Å²) in [6.07, 6.45) is 1.93. The Morgan fingerprint density at radius 3 is 2.06 bits per heavy atom. The van der Waals surface area contributed by atoms with Crippen molar-refractivity contribution in [3.8, 4) is 11.5 Å². The predicted molar refractivity (Wildman–Crippen MR) is 67.2 cm³/mol. The molecular weight excluding hydrogens is 219 g/mol. The lowest BCUT2D eigenvalue weighted by Gasteiger charge is -2.19. The second kappa shape index (κ2) is 6.48. The van der Waals surface area contributed by atoms with Crippen LogP contribution in [0.1, 0.15) is 40.5 Å². The van der Waals surface area contributed by atoms with E-state index >= 15 is 0 Å². The van der Waals surface area contributed by atoms with Gasteiger partial charge in [0.25, 0.3) is 0 Å². The van der Waals surface area contributed by atoms with Gasteiger partial charge in [-0.2, -0.15) is 0 Å². The summed E-state index contributed by atoms with van der Waals surface area (Å²) in [5.74, 6) is 0.792. The molecule has 0 amide bonds. The quantitative estimate of drug-likeness (QED) is 0.742. The summed E-state index contributed by atoms with van der Waals surface area (Å²) in [7, 11) is 0. The SMILES string of the molecule is CCC(C)Oc1ccc(F)cc1OC(C)CC. The van der Waals surface area contributed by atoms with E-state index in [-0.39, 0.29) is 18.0 Å². The molecule has 0 saturated heterocycles. The maximum absolute atomic E-state index is 13.2. The van der Waals surface area contributed by atoms with Gasteiger partial charge in [0.2, 0.25) is 0 Å². The number of hydrogen-bond acceptors (Lipinski definition) is 2. The van der Waals surface area contributed by atoms with Crippen molar-refractivity contribution in [2.24, 2.45) is 0 Å². The van der Waals surface area contributed by atoms with Crippen LogP contribution in [0.4, 0.5) is 4.39 Å². The zero-order chi connectivity index (χ0) is 12.8. The third kappa shape index (κ3) is 4.25. The molecular formula is C14H21FO2. The van der Waals surface area contributed by atoms with Crippen molar-refractivity contribution in [1.29, 1.82) is 0 Å². The number of halogens is 1. The minimum absolute atomic E-state index is 0.0519. The molecule has 2 nitrogen and oxygen atoms in total. The Labute approximate surface area is 103 Å². The highest BCUT2D eigenvalue weighted by Crippen LogP contribution is 2.30. The molecule has 0 saturated carbocycles. The third-order valence-corrected chi connectivity index (χ3v) is 2.71. The molecule has 0 spiro atoms. The number of ether oxygens (including phenoxy) is 2. The van der Waals surface area contributed by atoms with Crippen molar-refractivity contribution in [3.05, 3.63) is 24.0 Å². The topological polar surface area (TPSA) is 18.5 Å². The first-order valence-electron chi connectivity index (χ1n) is 6.19. The van der Waals surface area contributed by atoms with Gasteiger partial charge in [-0.15, -0.1) is 0 Å². The molecule has 0 N–H and O–H groups in total. The molecule has 0 fully saturated rings. The summed E-state index contributed by atoms with van der Waals surface area (Å²) in [4.78, 5) is 0. The van der Waals surface area contributed by atoms with E-state index in [9.17, 15) is 4.39 Å². The first-order chi connectivity index (χ1) is 8.06. The van der Waals surface area contributed by atoms with Crippen molar-refractivity contribution in [2.45, 2.75) is 52.7 Å². The summed E-state index contributed by atoms with van der Waals surface area (Å²) >= 11 is 0. The lowest BCUT2D eigenvalue weighted by molar-refractivity contribution is 0.176. The maximum Gasteiger partial charge on any atom is 0.164 e. The van der Waals surface area contributed by atoms with E-state index in [4.69, 9.17) is 9.47 Å². The van der Waals surface area contributed by atoms with Crippen LogP contribution in [-0.2, 0) is 0 Å². The van der Waals surface area contributed by atoms with E-state index in [0.29, 0.717) is 11.5 Å². The molecule has 0 aromatic heterocycles. The van der Waals surface area contributed by atoms with Gasteiger partial charge in [0, 0.05) is 6.07 Å². The van der Waals surface area contributed by atoms with Crippen molar-refractivity contribution in [2.75, 3.05) is 0 Å².